The van der Waals surface area contributed by atoms with E-state index in [2.05, 4.69) is 42.1 Å². The van der Waals surface area contributed by atoms with Gasteiger partial charge in [0.25, 0.3) is 5.56 Å². The van der Waals surface area contributed by atoms with Crippen molar-refractivity contribution < 1.29 is 23.9 Å². The molecule has 0 radical (unpaired) electrons. The first-order valence-electron chi connectivity index (χ1n) is 17.7. The summed E-state index contributed by atoms with van der Waals surface area (Å²) in [5, 5.41) is 14.7. The minimum atomic E-state index is -0.842. The molecule has 13 nitrogen and oxygen atoms in total. The summed E-state index contributed by atoms with van der Waals surface area (Å²) >= 11 is 0. The number of alkyl carbamates (subject to hydrolysis) is 1. The highest BCUT2D eigenvalue weighted by Crippen LogP contribution is 2.29. The van der Waals surface area contributed by atoms with Gasteiger partial charge in [0.2, 0.25) is 11.8 Å². The van der Waals surface area contributed by atoms with Crippen LogP contribution in [0, 0.1) is 11.8 Å². The first-order chi connectivity index (χ1) is 24.5. The number of aromatic nitrogens is 3. The molecular formula is C38H47N7O6. The number of morpholine rings is 1. The van der Waals surface area contributed by atoms with E-state index in [4.69, 9.17) is 9.47 Å². The number of H-pyrrole nitrogens is 2. The van der Waals surface area contributed by atoms with E-state index in [1.54, 1.807) is 18.2 Å². The number of ether oxygens (including phenoxy) is 2. The van der Waals surface area contributed by atoms with Gasteiger partial charge in [-0.25, -0.2) is 9.78 Å². The third-order valence-corrected chi connectivity index (χ3v) is 9.44. The molecule has 1 unspecified atom stereocenters. The number of benzene rings is 2. The Morgan fingerprint density at radius 1 is 0.961 bits per heavy atom. The van der Waals surface area contributed by atoms with Gasteiger partial charge >= 0.3 is 6.09 Å². The molecule has 1 saturated heterocycles. The van der Waals surface area contributed by atoms with Crippen molar-refractivity contribution in [1.82, 2.24) is 25.8 Å². The normalized spacial score (nSPS) is 18.5. The van der Waals surface area contributed by atoms with Crippen molar-refractivity contribution in [2.45, 2.75) is 64.5 Å². The van der Waals surface area contributed by atoms with E-state index >= 15 is 0 Å². The Morgan fingerprint density at radius 2 is 1.69 bits per heavy atom. The first-order valence-corrected chi connectivity index (χ1v) is 17.7. The largest absolute Gasteiger partial charge is 0.444 e. The molecule has 3 heterocycles. The molecule has 270 valence electrons. The van der Waals surface area contributed by atoms with Crippen molar-refractivity contribution in [2.24, 2.45) is 11.8 Å². The molecule has 1 saturated carbocycles. The maximum atomic E-state index is 13.7. The summed E-state index contributed by atoms with van der Waals surface area (Å²) in [5.74, 6) is 0.413. The van der Waals surface area contributed by atoms with Crippen LogP contribution in [0.1, 0.15) is 52.0 Å². The molecule has 1 atom stereocenters. The van der Waals surface area contributed by atoms with Crippen molar-refractivity contribution in [3.05, 3.63) is 76.7 Å². The van der Waals surface area contributed by atoms with E-state index in [1.165, 1.54) is 0 Å². The van der Waals surface area contributed by atoms with Gasteiger partial charge in [0.1, 0.15) is 17.5 Å². The van der Waals surface area contributed by atoms with Crippen LogP contribution in [0.2, 0.25) is 0 Å². The predicted octanol–water partition coefficient (Wildman–Crippen LogP) is 4.75. The molecule has 0 bridgehead atoms. The monoisotopic (exact) mass is 697 g/mol. The van der Waals surface area contributed by atoms with E-state index in [9.17, 15) is 19.2 Å². The van der Waals surface area contributed by atoms with Gasteiger partial charge in [-0.15, -0.1) is 0 Å². The lowest BCUT2D eigenvalue weighted by Gasteiger charge is -2.29. The van der Waals surface area contributed by atoms with Crippen molar-refractivity contribution >= 4 is 40.3 Å². The smallest absolute Gasteiger partial charge is 0.407 e. The highest BCUT2D eigenvalue weighted by molar-refractivity contribution is 5.99. The Labute approximate surface area is 296 Å². The molecule has 13 heteroatoms. The number of hydrogen-bond acceptors (Lipinski definition) is 8. The predicted molar refractivity (Wildman–Crippen MR) is 196 cm³/mol. The molecule has 4 aromatic rings. The van der Waals surface area contributed by atoms with Crippen molar-refractivity contribution in [2.75, 3.05) is 43.1 Å². The molecule has 1 aliphatic heterocycles. The van der Waals surface area contributed by atoms with Crippen LogP contribution in [-0.2, 0) is 25.5 Å². The van der Waals surface area contributed by atoms with E-state index in [-0.39, 0.29) is 35.6 Å². The van der Waals surface area contributed by atoms with Crippen molar-refractivity contribution in [3.8, 4) is 11.1 Å². The van der Waals surface area contributed by atoms with Gasteiger partial charge in [-0.1, -0.05) is 24.3 Å². The number of carbonyl (C=O) groups excluding carboxylic acids is 3. The number of hydrogen-bond donors (Lipinski definition) is 5. The molecule has 6 rings (SSSR count). The van der Waals surface area contributed by atoms with Gasteiger partial charge in [-0.3, -0.25) is 24.6 Å². The fraction of sp³-hybridized carbons (Fsp3) is 0.447. The van der Waals surface area contributed by atoms with Crippen LogP contribution in [0.15, 0.2) is 65.6 Å². The van der Waals surface area contributed by atoms with Crippen LogP contribution < -0.4 is 26.4 Å². The minimum Gasteiger partial charge on any atom is -0.444 e. The van der Waals surface area contributed by atoms with Crippen LogP contribution in [0.25, 0.3) is 22.0 Å². The number of amides is 3. The SMILES string of the molecule is CC(C)(C)OC(=O)NCC1CCC(C(=O)NC(Cc2ccc(-c3ccc(N4CCOCC4)nc3)cc2)C(=O)Nc2ccc3c(=O)[nH][nH]c3c2)CC1. The second-order valence-electron chi connectivity index (χ2n) is 14.4. The third-order valence-electron chi connectivity index (χ3n) is 9.44. The van der Waals surface area contributed by atoms with Gasteiger partial charge in [-0.05, 0) is 93.8 Å². The lowest BCUT2D eigenvalue weighted by molar-refractivity contribution is -0.130. The van der Waals surface area contributed by atoms with Gasteiger partial charge in [0, 0.05) is 49.4 Å². The van der Waals surface area contributed by atoms with Gasteiger partial charge < -0.3 is 30.3 Å². The quantitative estimate of drug-likeness (QED) is 0.158. The average molecular weight is 698 g/mol. The zero-order chi connectivity index (χ0) is 36.0. The minimum absolute atomic E-state index is 0.165. The number of fused-ring (bicyclic) bond motifs is 1. The maximum Gasteiger partial charge on any atom is 0.407 e. The summed E-state index contributed by atoms with van der Waals surface area (Å²) in [4.78, 5) is 58.3. The van der Waals surface area contributed by atoms with Crippen LogP contribution >= 0.6 is 0 Å². The molecule has 2 aromatic carbocycles. The van der Waals surface area contributed by atoms with Crippen LogP contribution in [0.3, 0.4) is 0 Å². The third kappa shape index (κ3) is 9.54. The molecule has 2 aromatic heterocycles. The van der Waals surface area contributed by atoms with E-state index in [1.807, 2.05) is 57.3 Å². The van der Waals surface area contributed by atoms with E-state index < -0.39 is 17.7 Å². The summed E-state index contributed by atoms with van der Waals surface area (Å²) in [7, 11) is 0. The summed E-state index contributed by atoms with van der Waals surface area (Å²) in [5.41, 5.74) is 3.14. The summed E-state index contributed by atoms with van der Waals surface area (Å²) in [6.45, 7) is 9.01. The Morgan fingerprint density at radius 3 is 2.37 bits per heavy atom. The fourth-order valence-corrected chi connectivity index (χ4v) is 6.62. The topological polar surface area (TPSA) is 171 Å². The lowest BCUT2D eigenvalue weighted by Crippen LogP contribution is -2.48. The number of pyridine rings is 1. The number of rotatable bonds is 10. The molecule has 0 spiro atoms. The molecule has 3 amide bonds. The van der Waals surface area contributed by atoms with Crippen LogP contribution in [0.4, 0.5) is 16.3 Å². The highest BCUT2D eigenvalue weighted by Gasteiger charge is 2.30. The summed E-state index contributed by atoms with van der Waals surface area (Å²) in [6, 6.07) is 16.2. The Bertz CT molecular complexity index is 1870. The van der Waals surface area contributed by atoms with Crippen molar-refractivity contribution in [3.63, 3.8) is 0 Å². The van der Waals surface area contributed by atoms with Crippen LogP contribution in [-0.4, -0.2) is 77.6 Å². The molecule has 2 aliphatic rings. The molecule has 51 heavy (non-hydrogen) atoms. The molecule has 1 aliphatic carbocycles. The number of carbonyl (C=O) groups is 3. The zero-order valence-corrected chi connectivity index (χ0v) is 29.4. The molecular weight excluding hydrogens is 650 g/mol. The highest BCUT2D eigenvalue weighted by atomic mass is 16.6. The number of anilines is 2. The maximum absolute atomic E-state index is 13.7. The molecule has 2 fully saturated rings. The summed E-state index contributed by atoms with van der Waals surface area (Å²) in [6.07, 6.45) is 4.59. The molecule has 5 N–H and O–H groups in total. The second-order valence-corrected chi connectivity index (χ2v) is 14.4. The van der Waals surface area contributed by atoms with Gasteiger partial charge in [0.15, 0.2) is 0 Å². The number of nitrogens with zero attached hydrogens (tertiary/aromatic N) is 2. The average Bonchev–Trinajstić information content (AvgIpc) is 3.50. The zero-order valence-electron chi connectivity index (χ0n) is 29.4. The Kier molecular flexibility index (Phi) is 11.0. The van der Waals surface area contributed by atoms with Crippen LogP contribution in [0.5, 0.6) is 0 Å². The summed E-state index contributed by atoms with van der Waals surface area (Å²) < 4.78 is 10.8. The number of nitrogens with one attached hydrogen (secondary N) is 5. The Balaban J connectivity index is 1.10. The lowest BCUT2D eigenvalue weighted by atomic mass is 9.81. The fourth-order valence-electron chi connectivity index (χ4n) is 6.62. The second kappa shape index (κ2) is 15.8. The van der Waals surface area contributed by atoms with Crippen molar-refractivity contribution in [1.29, 1.82) is 0 Å². The van der Waals surface area contributed by atoms with E-state index in [0.717, 1.165) is 48.4 Å². The standard InChI is InChI=1S/C38H47N7O6/c1-38(2,3)51-37(49)40-22-25-6-10-27(11-7-25)34(46)42-32(36(48)41-29-13-14-30-31(21-29)43-44-35(30)47)20-24-4-8-26(9-5-24)28-12-15-33(39-23-28)45-16-18-50-19-17-45/h4-5,8-9,12-15,21,23,25,27,32H,6-7,10-11,16-20,22H2,1-3H3,(H,40,49)(H,41,48)(H,42,46)(H2,43,44,47). The van der Waals surface area contributed by atoms with Gasteiger partial charge in [0.05, 0.1) is 24.1 Å². The van der Waals surface area contributed by atoms with E-state index in [0.29, 0.717) is 49.2 Å². The number of aromatic amines is 2. The Hall–Kier alpha value is -5.17. The van der Waals surface area contributed by atoms with Gasteiger partial charge in [-0.2, -0.15) is 0 Å². The first kappa shape index (κ1) is 35.6.